The highest BCUT2D eigenvalue weighted by molar-refractivity contribution is 5.88. The lowest BCUT2D eigenvalue weighted by atomic mass is 9.77. The van der Waals surface area contributed by atoms with Crippen molar-refractivity contribution < 1.29 is 4.79 Å². The van der Waals surface area contributed by atoms with Crippen molar-refractivity contribution in [2.75, 3.05) is 0 Å². The molecule has 25 heavy (non-hydrogen) atoms. The van der Waals surface area contributed by atoms with E-state index in [2.05, 4.69) is 48.7 Å². The zero-order valence-corrected chi connectivity index (χ0v) is 15.7. The van der Waals surface area contributed by atoms with E-state index < -0.39 is 0 Å². The topological polar surface area (TPSA) is 41.1 Å². The van der Waals surface area contributed by atoms with Gasteiger partial charge in [0.2, 0.25) is 5.91 Å². The Bertz CT molecular complexity index is 603. The zero-order chi connectivity index (χ0) is 17.4. The smallest absolute Gasteiger partial charge is 0.230 e. The maximum absolute atomic E-state index is 13.4. The molecule has 136 valence electrons. The lowest BCUT2D eigenvalue weighted by Crippen LogP contribution is -2.52. The van der Waals surface area contributed by atoms with E-state index in [9.17, 15) is 4.79 Å². The molecular formula is C22H32N2O. The molecule has 2 aliphatic heterocycles. The van der Waals surface area contributed by atoms with Gasteiger partial charge in [-0.1, -0.05) is 51.0 Å². The van der Waals surface area contributed by atoms with Crippen molar-refractivity contribution >= 4 is 5.91 Å². The van der Waals surface area contributed by atoms with Crippen LogP contribution in [0.1, 0.15) is 82.3 Å². The molecule has 1 aromatic rings. The van der Waals surface area contributed by atoms with Gasteiger partial charge in [0.25, 0.3) is 0 Å². The molecule has 2 bridgehead atoms. The van der Waals surface area contributed by atoms with Crippen LogP contribution in [0.3, 0.4) is 0 Å². The summed E-state index contributed by atoms with van der Waals surface area (Å²) < 4.78 is 0. The van der Waals surface area contributed by atoms with E-state index in [-0.39, 0.29) is 11.3 Å². The average Bonchev–Trinajstić information content (AvgIpc) is 3.23. The van der Waals surface area contributed by atoms with Crippen LogP contribution in [0.5, 0.6) is 0 Å². The van der Waals surface area contributed by atoms with Crippen LogP contribution >= 0.6 is 0 Å². The molecule has 0 spiro atoms. The summed E-state index contributed by atoms with van der Waals surface area (Å²) in [7, 11) is 0. The quantitative estimate of drug-likeness (QED) is 0.869. The molecule has 2 saturated heterocycles. The van der Waals surface area contributed by atoms with Crippen molar-refractivity contribution in [2.24, 2.45) is 0 Å². The van der Waals surface area contributed by atoms with Crippen molar-refractivity contribution in [3.05, 3.63) is 35.4 Å². The van der Waals surface area contributed by atoms with Gasteiger partial charge in [0.1, 0.15) is 0 Å². The highest BCUT2D eigenvalue weighted by atomic mass is 16.2. The fraction of sp³-hybridized carbons (Fsp3) is 0.682. The summed E-state index contributed by atoms with van der Waals surface area (Å²) in [6.45, 7) is 4.44. The largest absolute Gasteiger partial charge is 0.352 e. The van der Waals surface area contributed by atoms with Crippen molar-refractivity contribution in [1.29, 1.82) is 0 Å². The molecule has 0 aromatic heterocycles. The molecule has 1 aliphatic carbocycles. The van der Waals surface area contributed by atoms with Crippen molar-refractivity contribution in [3.63, 3.8) is 0 Å². The molecule has 4 rings (SSSR count). The van der Waals surface area contributed by atoms with E-state index in [4.69, 9.17) is 0 Å². The van der Waals surface area contributed by atoms with Gasteiger partial charge in [0, 0.05) is 18.1 Å². The second kappa shape index (κ2) is 6.75. The molecule has 0 radical (unpaired) electrons. The average molecular weight is 341 g/mol. The lowest BCUT2D eigenvalue weighted by molar-refractivity contribution is -0.127. The first-order chi connectivity index (χ1) is 12.1. The number of rotatable bonds is 4. The third kappa shape index (κ3) is 3.23. The van der Waals surface area contributed by atoms with E-state index in [1.807, 2.05) is 0 Å². The van der Waals surface area contributed by atoms with Crippen LogP contribution < -0.4 is 10.6 Å². The fourth-order valence-electron chi connectivity index (χ4n) is 5.31. The first kappa shape index (κ1) is 17.1. The highest BCUT2D eigenvalue weighted by Crippen LogP contribution is 2.42. The molecule has 3 heteroatoms. The SMILES string of the molecule is CC(C)c1ccc(C2(C(=O)NC3CC4CCC(C3)N4)CCCC2)cc1. The Morgan fingerprint density at radius 3 is 2.24 bits per heavy atom. The van der Waals surface area contributed by atoms with E-state index in [1.54, 1.807) is 0 Å². The van der Waals surface area contributed by atoms with Crippen LogP contribution in [0.25, 0.3) is 0 Å². The highest BCUT2D eigenvalue weighted by Gasteiger charge is 2.44. The lowest BCUT2D eigenvalue weighted by Gasteiger charge is -2.34. The van der Waals surface area contributed by atoms with Crippen LogP contribution in [0.2, 0.25) is 0 Å². The van der Waals surface area contributed by atoms with Gasteiger partial charge in [-0.2, -0.15) is 0 Å². The number of benzene rings is 1. The molecule has 3 aliphatic rings. The Morgan fingerprint density at radius 1 is 1.08 bits per heavy atom. The van der Waals surface area contributed by atoms with E-state index in [0.717, 1.165) is 38.5 Å². The van der Waals surface area contributed by atoms with Gasteiger partial charge in [-0.15, -0.1) is 0 Å². The third-order valence-electron chi connectivity index (χ3n) is 6.83. The van der Waals surface area contributed by atoms with Crippen LogP contribution in [0.15, 0.2) is 24.3 Å². The Kier molecular flexibility index (Phi) is 4.61. The molecule has 3 fully saturated rings. The normalized spacial score (nSPS) is 30.6. The minimum Gasteiger partial charge on any atom is -0.352 e. The van der Waals surface area contributed by atoms with Gasteiger partial charge in [-0.05, 0) is 55.6 Å². The molecule has 1 aromatic carbocycles. The minimum atomic E-state index is -0.292. The Balaban J connectivity index is 1.52. The summed E-state index contributed by atoms with van der Waals surface area (Å²) >= 11 is 0. The summed E-state index contributed by atoms with van der Waals surface area (Å²) in [6, 6.07) is 10.5. The minimum absolute atomic E-state index is 0.286. The Hall–Kier alpha value is -1.35. The van der Waals surface area contributed by atoms with Gasteiger partial charge in [0.05, 0.1) is 5.41 Å². The molecule has 2 N–H and O–H groups in total. The first-order valence-corrected chi connectivity index (χ1v) is 10.2. The van der Waals surface area contributed by atoms with Crippen LogP contribution in [0, 0.1) is 0 Å². The monoisotopic (exact) mass is 340 g/mol. The number of nitrogens with one attached hydrogen (secondary N) is 2. The number of hydrogen-bond acceptors (Lipinski definition) is 2. The van der Waals surface area contributed by atoms with Gasteiger partial charge < -0.3 is 10.6 Å². The number of carbonyl (C=O) groups is 1. The molecule has 1 amide bonds. The maximum Gasteiger partial charge on any atom is 0.230 e. The predicted molar refractivity (Wildman–Crippen MR) is 102 cm³/mol. The molecule has 2 unspecified atom stereocenters. The molecule has 1 saturated carbocycles. The summed E-state index contributed by atoms with van der Waals surface area (Å²) in [5.41, 5.74) is 2.29. The van der Waals surface area contributed by atoms with Gasteiger partial charge in [0.15, 0.2) is 0 Å². The number of amides is 1. The number of hydrogen-bond donors (Lipinski definition) is 2. The number of fused-ring (bicyclic) bond motifs is 2. The third-order valence-corrected chi connectivity index (χ3v) is 6.83. The summed E-state index contributed by atoms with van der Waals surface area (Å²) in [5, 5.41) is 7.13. The molecular weight excluding hydrogens is 308 g/mol. The summed E-state index contributed by atoms with van der Waals surface area (Å²) in [4.78, 5) is 13.4. The summed E-state index contributed by atoms with van der Waals surface area (Å²) in [5.74, 6) is 0.821. The zero-order valence-electron chi connectivity index (χ0n) is 15.7. The van der Waals surface area contributed by atoms with E-state index in [0.29, 0.717) is 24.0 Å². The van der Waals surface area contributed by atoms with Crippen LogP contribution in [-0.2, 0) is 10.2 Å². The fourth-order valence-corrected chi connectivity index (χ4v) is 5.31. The van der Waals surface area contributed by atoms with Crippen LogP contribution in [-0.4, -0.2) is 24.0 Å². The van der Waals surface area contributed by atoms with Gasteiger partial charge in [-0.3, -0.25) is 4.79 Å². The Labute approximate surface area is 152 Å². The van der Waals surface area contributed by atoms with Crippen molar-refractivity contribution in [3.8, 4) is 0 Å². The number of piperidine rings is 1. The molecule has 2 atom stereocenters. The van der Waals surface area contributed by atoms with Crippen molar-refractivity contribution in [2.45, 2.75) is 94.7 Å². The van der Waals surface area contributed by atoms with Gasteiger partial charge >= 0.3 is 0 Å². The molecule has 2 heterocycles. The van der Waals surface area contributed by atoms with Crippen LogP contribution in [0.4, 0.5) is 0 Å². The molecule has 3 nitrogen and oxygen atoms in total. The number of carbonyl (C=O) groups excluding carboxylic acids is 1. The second-order valence-corrected chi connectivity index (χ2v) is 8.85. The Morgan fingerprint density at radius 2 is 1.68 bits per heavy atom. The van der Waals surface area contributed by atoms with Crippen molar-refractivity contribution in [1.82, 2.24) is 10.6 Å². The second-order valence-electron chi connectivity index (χ2n) is 8.85. The van der Waals surface area contributed by atoms with E-state index >= 15 is 0 Å². The first-order valence-electron chi connectivity index (χ1n) is 10.2. The maximum atomic E-state index is 13.4. The summed E-state index contributed by atoms with van der Waals surface area (Å²) in [6.07, 6.45) is 9.08. The standard InChI is InChI=1S/C22H32N2O/c1-15(2)16-5-7-17(8-6-16)22(11-3-4-12-22)21(25)24-20-13-18-9-10-19(14-20)23-18/h5-8,15,18-20,23H,3-4,9-14H2,1-2H3,(H,24,25). The predicted octanol–water partition coefficient (Wildman–Crippen LogP) is 4.02. The van der Waals surface area contributed by atoms with Gasteiger partial charge in [-0.25, -0.2) is 0 Å². The van der Waals surface area contributed by atoms with E-state index in [1.165, 1.54) is 24.0 Å².